The molecule has 0 aliphatic carbocycles. The largest absolute Gasteiger partial charge is 0.324 e. The second-order valence-electron chi connectivity index (χ2n) is 5.69. The summed E-state index contributed by atoms with van der Waals surface area (Å²) in [6.07, 6.45) is 1.07. The van der Waals surface area contributed by atoms with Crippen LogP contribution in [0.3, 0.4) is 0 Å². The molecule has 5 nitrogen and oxygen atoms in total. The fraction of sp³-hybridized carbons (Fsp3) is 0.235. The monoisotopic (exact) mass is 384 g/mol. The van der Waals surface area contributed by atoms with E-state index in [2.05, 4.69) is 5.32 Å². The van der Waals surface area contributed by atoms with Gasteiger partial charge in [0, 0.05) is 23.4 Å². The number of likely N-dealkylation sites (N-methyl/N-ethyl adjacent to an activating group) is 1. The maximum Gasteiger partial charge on any atom is 0.238 e. The van der Waals surface area contributed by atoms with E-state index in [1.54, 1.807) is 30.1 Å². The van der Waals surface area contributed by atoms with Gasteiger partial charge in [-0.1, -0.05) is 29.8 Å². The molecule has 0 aromatic heterocycles. The van der Waals surface area contributed by atoms with Crippen molar-refractivity contribution in [2.24, 2.45) is 0 Å². The number of nitrogens with zero attached hydrogens (tertiary/aromatic N) is 1. The number of benzene rings is 2. The van der Waals surface area contributed by atoms with Gasteiger partial charge in [0.1, 0.15) is 5.82 Å². The molecule has 0 bridgehead atoms. The normalized spacial score (nSPS) is 11.6. The Morgan fingerprint density at radius 1 is 1.20 bits per heavy atom. The van der Waals surface area contributed by atoms with Gasteiger partial charge in [-0.15, -0.1) is 0 Å². The first-order chi connectivity index (χ1) is 11.7. The van der Waals surface area contributed by atoms with Crippen LogP contribution in [0.1, 0.15) is 5.56 Å². The summed E-state index contributed by atoms with van der Waals surface area (Å²) < 4.78 is 37.3. The lowest BCUT2D eigenvalue weighted by Gasteiger charge is -2.18. The first-order valence-corrected chi connectivity index (χ1v) is 9.66. The number of sulfone groups is 1. The van der Waals surface area contributed by atoms with Crippen molar-refractivity contribution in [3.05, 3.63) is 58.9 Å². The van der Waals surface area contributed by atoms with Crippen LogP contribution in [-0.4, -0.2) is 39.1 Å². The molecule has 8 heteroatoms. The first kappa shape index (κ1) is 19.4. The minimum Gasteiger partial charge on any atom is -0.324 e. The molecule has 0 saturated carbocycles. The van der Waals surface area contributed by atoms with Crippen molar-refractivity contribution in [3.8, 4) is 0 Å². The van der Waals surface area contributed by atoms with Crippen LogP contribution in [0.25, 0.3) is 0 Å². The van der Waals surface area contributed by atoms with Crippen LogP contribution < -0.4 is 5.32 Å². The lowest BCUT2D eigenvalue weighted by molar-refractivity contribution is -0.117. The topological polar surface area (TPSA) is 66.5 Å². The summed E-state index contributed by atoms with van der Waals surface area (Å²) in [6.45, 7) is 0.0927. The maximum absolute atomic E-state index is 13.8. The van der Waals surface area contributed by atoms with E-state index in [0.29, 0.717) is 5.56 Å². The van der Waals surface area contributed by atoms with Gasteiger partial charge in [0.2, 0.25) is 5.91 Å². The average Bonchev–Trinajstić information content (AvgIpc) is 2.50. The number of amides is 1. The molecule has 25 heavy (non-hydrogen) atoms. The standard InChI is InChI=1S/C17H18ClFN2O3S/c1-21(10-12-13(18)6-5-7-14(12)19)11-17(22)20-15-8-3-4-9-16(15)25(2,23)24/h3-9H,10-11H2,1-2H3,(H,20,22). The van der Waals surface area contributed by atoms with Crippen LogP contribution in [0.5, 0.6) is 0 Å². The highest BCUT2D eigenvalue weighted by molar-refractivity contribution is 7.90. The number of hydrogen-bond donors (Lipinski definition) is 1. The van der Waals surface area contributed by atoms with Crippen molar-refractivity contribution >= 4 is 33.0 Å². The number of anilines is 1. The average molecular weight is 385 g/mol. The van der Waals surface area contributed by atoms with Crippen molar-refractivity contribution in [2.45, 2.75) is 11.4 Å². The number of nitrogens with one attached hydrogen (secondary N) is 1. The zero-order valence-corrected chi connectivity index (χ0v) is 15.4. The van der Waals surface area contributed by atoms with Gasteiger partial charge < -0.3 is 5.32 Å². The van der Waals surface area contributed by atoms with E-state index in [1.165, 1.54) is 24.3 Å². The Morgan fingerprint density at radius 3 is 2.52 bits per heavy atom. The molecule has 0 radical (unpaired) electrons. The summed E-state index contributed by atoms with van der Waals surface area (Å²) in [5, 5.41) is 2.86. The Bertz CT molecular complexity index is 867. The van der Waals surface area contributed by atoms with E-state index in [1.807, 2.05) is 0 Å². The molecule has 2 rings (SSSR count). The van der Waals surface area contributed by atoms with E-state index in [9.17, 15) is 17.6 Å². The highest BCUT2D eigenvalue weighted by Gasteiger charge is 2.16. The second kappa shape index (κ2) is 7.95. The van der Waals surface area contributed by atoms with Gasteiger partial charge in [-0.2, -0.15) is 0 Å². The lowest BCUT2D eigenvalue weighted by Crippen LogP contribution is -2.30. The number of hydrogen-bond acceptors (Lipinski definition) is 4. The van der Waals surface area contributed by atoms with Crippen LogP contribution in [0.15, 0.2) is 47.4 Å². The fourth-order valence-corrected chi connectivity index (χ4v) is 3.40. The molecule has 2 aromatic rings. The summed E-state index contributed by atoms with van der Waals surface area (Å²) >= 11 is 5.98. The number of carbonyl (C=O) groups is 1. The van der Waals surface area contributed by atoms with Crippen LogP contribution in [0, 0.1) is 5.82 Å². The third kappa shape index (κ3) is 5.26. The Labute approximate surface area is 151 Å². The molecule has 0 unspecified atom stereocenters. The third-order valence-electron chi connectivity index (χ3n) is 3.46. The van der Waals surface area contributed by atoms with E-state index < -0.39 is 21.6 Å². The van der Waals surface area contributed by atoms with Crippen molar-refractivity contribution in [2.75, 3.05) is 25.2 Å². The molecule has 134 valence electrons. The van der Waals surface area contributed by atoms with Gasteiger partial charge >= 0.3 is 0 Å². The first-order valence-electron chi connectivity index (χ1n) is 7.39. The van der Waals surface area contributed by atoms with E-state index >= 15 is 0 Å². The summed E-state index contributed by atoms with van der Waals surface area (Å²) in [6, 6.07) is 10.5. The van der Waals surface area contributed by atoms with Gasteiger partial charge in [0.05, 0.1) is 17.1 Å². The second-order valence-corrected chi connectivity index (χ2v) is 8.08. The fourth-order valence-electron chi connectivity index (χ4n) is 2.34. The number of rotatable bonds is 6. The van der Waals surface area contributed by atoms with Crippen molar-refractivity contribution in [1.29, 1.82) is 0 Å². The quantitative estimate of drug-likeness (QED) is 0.831. The molecule has 0 fully saturated rings. The van der Waals surface area contributed by atoms with Crippen molar-refractivity contribution in [1.82, 2.24) is 4.90 Å². The minimum atomic E-state index is -3.46. The van der Waals surface area contributed by atoms with Gasteiger partial charge in [-0.05, 0) is 31.3 Å². The summed E-state index contributed by atoms with van der Waals surface area (Å²) in [5.41, 5.74) is 0.517. The van der Waals surface area contributed by atoms with Gasteiger partial charge in [-0.25, -0.2) is 12.8 Å². The Balaban J connectivity index is 2.06. The number of carbonyl (C=O) groups excluding carboxylic acids is 1. The van der Waals surface area contributed by atoms with Crippen molar-refractivity contribution < 1.29 is 17.6 Å². The predicted octanol–water partition coefficient (Wildman–Crippen LogP) is 2.95. The van der Waals surface area contributed by atoms with Gasteiger partial charge in [-0.3, -0.25) is 9.69 Å². The SMILES string of the molecule is CN(CC(=O)Nc1ccccc1S(C)(=O)=O)Cc1c(F)cccc1Cl. The highest BCUT2D eigenvalue weighted by atomic mass is 35.5. The van der Waals surface area contributed by atoms with Crippen LogP contribution >= 0.6 is 11.6 Å². The number of para-hydroxylation sites is 1. The van der Waals surface area contributed by atoms with Crippen LogP contribution in [0.4, 0.5) is 10.1 Å². The highest BCUT2D eigenvalue weighted by Crippen LogP contribution is 2.22. The smallest absolute Gasteiger partial charge is 0.238 e. The van der Waals surface area contributed by atoms with E-state index in [-0.39, 0.29) is 28.7 Å². The summed E-state index contributed by atoms with van der Waals surface area (Å²) in [5.74, 6) is -0.853. The zero-order valence-electron chi connectivity index (χ0n) is 13.8. The molecule has 0 aliphatic rings. The molecule has 1 amide bonds. The molecule has 0 aliphatic heterocycles. The van der Waals surface area contributed by atoms with Crippen molar-refractivity contribution in [3.63, 3.8) is 0 Å². The van der Waals surface area contributed by atoms with E-state index in [4.69, 9.17) is 11.6 Å². The molecule has 2 aromatic carbocycles. The molecular weight excluding hydrogens is 367 g/mol. The lowest BCUT2D eigenvalue weighted by atomic mass is 10.2. The Morgan fingerprint density at radius 2 is 1.88 bits per heavy atom. The molecular formula is C17H18ClFN2O3S. The zero-order chi connectivity index (χ0) is 18.6. The van der Waals surface area contributed by atoms with Crippen LogP contribution in [0.2, 0.25) is 5.02 Å². The van der Waals surface area contributed by atoms with Gasteiger partial charge in [0.15, 0.2) is 9.84 Å². The molecule has 0 saturated heterocycles. The Hall–Kier alpha value is -1.96. The summed E-state index contributed by atoms with van der Waals surface area (Å²) in [4.78, 5) is 13.8. The summed E-state index contributed by atoms with van der Waals surface area (Å²) in [7, 11) is -1.82. The molecule has 0 heterocycles. The van der Waals surface area contributed by atoms with E-state index in [0.717, 1.165) is 6.26 Å². The maximum atomic E-state index is 13.8. The minimum absolute atomic E-state index is 0.0446. The third-order valence-corrected chi connectivity index (χ3v) is 4.97. The molecule has 0 atom stereocenters. The Kier molecular flexibility index (Phi) is 6.16. The van der Waals surface area contributed by atoms with Gasteiger partial charge in [0.25, 0.3) is 0 Å². The van der Waals surface area contributed by atoms with Crippen LogP contribution in [-0.2, 0) is 21.2 Å². The molecule has 1 N–H and O–H groups in total. The number of halogens is 2. The predicted molar refractivity (Wildman–Crippen MR) is 95.9 cm³/mol. The molecule has 0 spiro atoms.